The maximum absolute atomic E-state index is 10.3. The second-order valence-corrected chi connectivity index (χ2v) is 4.59. The monoisotopic (exact) mass is 262 g/mol. The van der Waals surface area contributed by atoms with Gasteiger partial charge in [-0.2, -0.15) is 0 Å². The van der Waals surface area contributed by atoms with Crippen molar-refractivity contribution in [3.63, 3.8) is 0 Å². The van der Waals surface area contributed by atoms with E-state index in [0.29, 0.717) is 12.2 Å². The molecule has 0 heterocycles. The first-order valence-electron chi connectivity index (χ1n) is 6.83. The van der Waals surface area contributed by atoms with Crippen molar-refractivity contribution in [2.24, 2.45) is 0 Å². The molecule has 1 fully saturated rings. The van der Waals surface area contributed by atoms with Crippen LogP contribution in [0.3, 0.4) is 0 Å². The molecule has 1 aliphatic rings. The van der Waals surface area contributed by atoms with Crippen molar-refractivity contribution in [1.82, 2.24) is 0 Å². The fraction of sp³-hybridized carbons (Fsp3) is 0.438. The van der Waals surface area contributed by atoms with Gasteiger partial charge in [-0.1, -0.05) is 62.8 Å². The highest BCUT2D eigenvalue weighted by Gasteiger charge is 2.04. The first-order valence-corrected chi connectivity index (χ1v) is 6.83. The molecule has 0 radical (unpaired) electrons. The number of ether oxygens (including phenoxy) is 1. The maximum Gasteiger partial charge on any atom is 0.511 e. The molecule has 1 aromatic carbocycles. The molecule has 3 heteroatoms. The van der Waals surface area contributed by atoms with Gasteiger partial charge in [-0.05, 0) is 18.1 Å². The van der Waals surface area contributed by atoms with Crippen LogP contribution in [0, 0.1) is 0 Å². The molecule has 1 aromatic rings. The molecule has 0 unspecified atom stereocenters. The van der Waals surface area contributed by atoms with Gasteiger partial charge in [-0.15, -0.1) is 6.58 Å². The molecule has 1 saturated carbocycles. The zero-order valence-electron chi connectivity index (χ0n) is 11.3. The molecule has 0 amide bonds. The van der Waals surface area contributed by atoms with Gasteiger partial charge in [0.05, 0.1) is 0 Å². The first kappa shape index (κ1) is 15.3. The second-order valence-electron chi connectivity index (χ2n) is 4.59. The van der Waals surface area contributed by atoms with E-state index in [1.807, 2.05) is 6.07 Å². The topological polar surface area (TPSA) is 46.5 Å². The van der Waals surface area contributed by atoms with Crippen LogP contribution in [0.1, 0.15) is 44.1 Å². The van der Waals surface area contributed by atoms with Crippen molar-refractivity contribution in [2.75, 3.05) is 0 Å². The van der Waals surface area contributed by atoms with E-state index in [0.717, 1.165) is 5.56 Å². The summed E-state index contributed by atoms with van der Waals surface area (Å²) in [4.78, 5) is 10.3. The number of hydrogen-bond acceptors (Lipinski definition) is 2. The molecule has 1 aliphatic carbocycles. The molecular formula is C16H22O3. The van der Waals surface area contributed by atoms with E-state index in [9.17, 15) is 4.79 Å². The van der Waals surface area contributed by atoms with Gasteiger partial charge < -0.3 is 9.84 Å². The van der Waals surface area contributed by atoms with Crippen molar-refractivity contribution in [3.05, 3.63) is 42.5 Å². The number of carboxylic acid groups (broad SMARTS) is 1. The number of benzene rings is 1. The van der Waals surface area contributed by atoms with Crippen LogP contribution >= 0.6 is 0 Å². The average molecular weight is 262 g/mol. The molecule has 2 rings (SSSR count). The molecule has 19 heavy (non-hydrogen) atoms. The number of para-hydroxylation sites is 1. The van der Waals surface area contributed by atoms with Gasteiger partial charge in [-0.25, -0.2) is 4.79 Å². The Morgan fingerprint density at radius 2 is 1.68 bits per heavy atom. The Kier molecular flexibility index (Phi) is 7.40. The van der Waals surface area contributed by atoms with Gasteiger partial charge in [-0.3, -0.25) is 0 Å². The summed E-state index contributed by atoms with van der Waals surface area (Å²) in [5.41, 5.74) is 0.819. The lowest BCUT2D eigenvalue weighted by Crippen LogP contribution is -2.04. The van der Waals surface area contributed by atoms with Crippen LogP contribution in [-0.4, -0.2) is 11.3 Å². The molecule has 104 valence electrons. The molecule has 0 saturated heterocycles. The maximum atomic E-state index is 10.3. The summed E-state index contributed by atoms with van der Waals surface area (Å²) >= 11 is 0. The second kappa shape index (κ2) is 9.20. The van der Waals surface area contributed by atoms with Crippen molar-refractivity contribution >= 4 is 6.16 Å². The Morgan fingerprint density at radius 3 is 2.16 bits per heavy atom. The number of carbonyl (C=O) groups is 1. The van der Waals surface area contributed by atoms with E-state index in [-0.39, 0.29) is 0 Å². The average Bonchev–Trinajstić information content (AvgIpc) is 2.43. The van der Waals surface area contributed by atoms with E-state index < -0.39 is 6.16 Å². The summed E-state index contributed by atoms with van der Waals surface area (Å²) in [6.07, 6.45) is 10.0. The highest BCUT2D eigenvalue weighted by Crippen LogP contribution is 2.18. The highest BCUT2D eigenvalue weighted by molar-refractivity contribution is 5.62. The normalized spacial score (nSPS) is 13.9. The minimum Gasteiger partial charge on any atom is -0.449 e. The van der Waals surface area contributed by atoms with Crippen molar-refractivity contribution < 1.29 is 14.6 Å². The Hall–Kier alpha value is -1.77. The lowest BCUT2D eigenvalue weighted by atomic mass is 10.0. The molecule has 0 bridgehead atoms. The lowest BCUT2D eigenvalue weighted by molar-refractivity contribution is 0.144. The van der Waals surface area contributed by atoms with Crippen LogP contribution in [0.4, 0.5) is 4.79 Å². The Balaban J connectivity index is 0.000000250. The zero-order valence-corrected chi connectivity index (χ0v) is 11.3. The minimum atomic E-state index is -1.29. The Labute approximate surface area is 114 Å². The minimum absolute atomic E-state index is 0.370. The Morgan fingerprint density at radius 1 is 1.16 bits per heavy atom. The van der Waals surface area contributed by atoms with Gasteiger partial charge in [0.1, 0.15) is 5.75 Å². The van der Waals surface area contributed by atoms with Gasteiger partial charge in [0.15, 0.2) is 0 Å². The largest absolute Gasteiger partial charge is 0.511 e. The van der Waals surface area contributed by atoms with Crippen molar-refractivity contribution in [2.45, 2.75) is 44.9 Å². The molecule has 0 aromatic heterocycles. The number of rotatable bonds is 3. The van der Waals surface area contributed by atoms with Crippen LogP contribution in [0.2, 0.25) is 0 Å². The first-order chi connectivity index (χ1) is 9.24. The summed E-state index contributed by atoms with van der Waals surface area (Å²) in [5, 5.41) is 8.41. The van der Waals surface area contributed by atoms with Gasteiger partial charge in [0.2, 0.25) is 0 Å². The highest BCUT2D eigenvalue weighted by atomic mass is 16.7. The summed E-state index contributed by atoms with van der Waals surface area (Å²) in [6.45, 7) is 3.57. The lowest BCUT2D eigenvalue weighted by Gasteiger charge is -2.05. The predicted octanol–water partition coefficient (Wildman–Crippen LogP) is 4.81. The predicted molar refractivity (Wildman–Crippen MR) is 76.7 cm³/mol. The van der Waals surface area contributed by atoms with Crippen molar-refractivity contribution in [3.8, 4) is 5.75 Å². The number of allylic oxidation sites excluding steroid dienone is 1. The smallest absolute Gasteiger partial charge is 0.449 e. The number of hydrogen-bond donors (Lipinski definition) is 1. The van der Waals surface area contributed by atoms with Crippen LogP contribution in [-0.2, 0) is 6.42 Å². The van der Waals surface area contributed by atoms with Crippen LogP contribution < -0.4 is 4.74 Å². The van der Waals surface area contributed by atoms with Crippen LogP contribution in [0.25, 0.3) is 0 Å². The van der Waals surface area contributed by atoms with Crippen LogP contribution in [0.5, 0.6) is 5.75 Å². The van der Waals surface area contributed by atoms with E-state index in [1.165, 1.54) is 38.5 Å². The third-order valence-electron chi connectivity index (χ3n) is 3.03. The van der Waals surface area contributed by atoms with Crippen molar-refractivity contribution in [1.29, 1.82) is 0 Å². The van der Waals surface area contributed by atoms with E-state index in [1.54, 1.807) is 24.3 Å². The Bertz CT molecular complexity index is 383. The molecular weight excluding hydrogens is 240 g/mol. The van der Waals surface area contributed by atoms with E-state index in [2.05, 4.69) is 11.3 Å². The fourth-order valence-corrected chi connectivity index (χ4v) is 2.08. The van der Waals surface area contributed by atoms with E-state index >= 15 is 0 Å². The zero-order chi connectivity index (χ0) is 13.9. The standard InChI is InChI=1S/C10H10O3.C6H12/c1-2-5-8-6-3-4-7-9(8)13-10(11)12;1-2-4-6-5-3-1/h2-4,6-7H,1,5H2,(H,11,12);1-6H2. The summed E-state index contributed by atoms with van der Waals surface area (Å²) in [6, 6.07) is 6.98. The molecule has 0 atom stereocenters. The van der Waals surface area contributed by atoms with Gasteiger partial charge >= 0.3 is 6.16 Å². The molecule has 3 nitrogen and oxygen atoms in total. The summed E-state index contributed by atoms with van der Waals surface area (Å²) in [7, 11) is 0. The van der Waals surface area contributed by atoms with Gasteiger partial charge in [0, 0.05) is 0 Å². The third kappa shape index (κ3) is 6.65. The van der Waals surface area contributed by atoms with E-state index in [4.69, 9.17) is 5.11 Å². The molecule has 0 spiro atoms. The SMILES string of the molecule is C1CCCCC1.C=CCc1ccccc1OC(=O)O. The molecule has 1 N–H and O–H groups in total. The molecule has 0 aliphatic heterocycles. The summed E-state index contributed by atoms with van der Waals surface area (Å²) in [5.74, 6) is 0.370. The quantitative estimate of drug-likeness (QED) is 0.483. The van der Waals surface area contributed by atoms with Gasteiger partial charge in [0.25, 0.3) is 0 Å². The van der Waals surface area contributed by atoms with Crippen LogP contribution in [0.15, 0.2) is 36.9 Å². The fourth-order valence-electron chi connectivity index (χ4n) is 2.08. The summed E-state index contributed by atoms with van der Waals surface area (Å²) < 4.78 is 4.57. The third-order valence-corrected chi connectivity index (χ3v) is 3.03.